The molecule has 90 heavy (non-hydrogen) atoms. The Bertz CT molecular complexity index is 5370. The zero-order chi connectivity index (χ0) is 59.9. The van der Waals surface area contributed by atoms with Crippen LogP contribution in [0.4, 0.5) is 0 Å². The van der Waals surface area contributed by atoms with Crippen LogP contribution in [0.15, 0.2) is 255 Å². The number of esters is 2. The summed E-state index contributed by atoms with van der Waals surface area (Å²) in [7, 11) is 0. The van der Waals surface area contributed by atoms with Crippen molar-refractivity contribution in [1.29, 1.82) is 0 Å². The Balaban J connectivity index is 0.993. The number of aryl methyl sites for hydroxylation is 2. The van der Waals surface area contributed by atoms with E-state index in [1.807, 2.05) is 91.0 Å². The van der Waals surface area contributed by atoms with Gasteiger partial charge in [0.15, 0.2) is 0 Å². The first kappa shape index (κ1) is 52.0. The normalized spacial score (nSPS) is 12.6. The molecule has 8 heteroatoms. The van der Waals surface area contributed by atoms with Gasteiger partial charge in [-0.3, -0.25) is 0 Å². The van der Waals surface area contributed by atoms with Gasteiger partial charge in [-0.15, -0.1) is 0 Å². The summed E-state index contributed by atoms with van der Waals surface area (Å²) in [6.07, 6.45) is 0. The molecule has 4 aliphatic heterocycles. The third-order valence-corrected chi connectivity index (χ3v) is 19.1. The molecule has 18 rings (SSSR count). The van der Waals surface area contributed by atoms with Gasteiger partial charge in [0, 0.05) is 0 Å². The van der Waals surface area contributed by atoms with Crippen molar-refractivity contribution in [2.75, 3.05) is 0 Å². The van der Waals surface area contributed by atoms with Crippen molar-refractivity contribution in [3.63, 3.8) is 0 Å². The second kappa shape index (κ2) is 20.2. The third kappa shape index (κ3) is 8.00. The maximum atomic E-state index is 14.9. The number of ether oxygens (including phenoxy) is 4. The van der Waals surface area contributed by atoms with E-state index in [4.69, 9.17) is 18.9 Å². The lowest BCUT2D eigenvalue weighted by Crippen LogP contribution is -2.58. The molecule has 0 aliphatic carbocycles. The van der Waals surface area contributed by atoms with Gasteiger partial charge in [-0.1, -0.05) is 217 Å². The molecule has 0 amide bonds. The summed E-state index contributed by atoms with van der Waals surface area (Å²) in [6, 6.07) is 89.3. The van der Waals surface area contributed by atoms with Crippen LogP contribution < -0.4 is 42.3 Å². The van der Waals surface area contributed by atoms with Crippen molar-refractivity contribution in [1.82, 2.24) is 0 Å². The molecule has 0 spiro atoms. The van der Waals surface area contributed by atoms with Crippen LogP contribution in [-0.4, -0.2) is 25.4 Å². The summed E-state index contributed by atoms with van der Waals surface area (Å²) in [5.74, 6) is 1.85. The Morgan fingerprint density at radius 1 is 0.322 bits per heavy atom. The molecular formula is C82H52B2O6. The van der Waals surface area contributed by atoms with Crippen molar-refractivity contribution >= 4 is 90.5 Å². The van der Waals surface area contributed by atoms with Crippen LogP contribution in [-0.2, 0) is 22.7 Å². The van der Waals surface area contributed by atoms with E-state index >= 15 is 0 Å². The molecular weight excluding hydrogens is 1100 g/mol. The Morgan fingerprint density at radius 2 is 0.744 bits per heavy atom. The monoisotopic (exact) mass is 1150 g/mol. The number of rotatable bonds is 10. The molecule has 0 saturated heterocycles. The lowest BCUT2D eigenvalue weighted by atomic mass is 9.31. The van der Waals surface area contributed by atoms with Crippen LogP contribution in [0.3, 0.4) is 0 Å². The summed E-state index contributed by atoms with van der Waals surface area (Å²) in [4.78, 5) is 29.1. The van der Waals surface area contributed by atoms with Crippen molar-refractivity contribution in [3.05, 3.63) is 288 Å². The molecule has 6 nitrogen and oxygen atoms in total. The van der Waals surface area contributed by atoms with E-state index in [1.54, 1.807) is 0 Å². The van der Waals surface area contributed by atoms with Crippen molar-refractivity contribution in [2.45, 2.75) is 27.1 Å². The van der Waals surface area contributed by atoms with Crippen LogP contribution in [0.2, 0.25) is 0 Å². The number of hydrogen-bond acceptors (Lipinski definition) is 6. The number of hydrogen-bond donors (Lipinski definition) is 0. The molecule has 422 valence electrons. The maximum Gasteiger partial charge on any atom is 0.338 e. The lowest BCUT2D eigenvalue weighted by molar-refractivity contribution is 0.0464. The Kier molecular flexibility index (Phi) is 11.6. The summed E-state index contributed by atoms with van der Waals surface area (Å²) in [5.41, 5.74) is 24.2. The van der Waals surface area contributed by atoms with Gasteiger partial charge in [0.2, 0.25) is 0 Å². The Labute approximate surface area is 521 Å². The number of carbonyl (C=O) groups excluding carboxylic acids is 2. The van der Waals surface area contributed by atoms with Gasteiger partial charge in [-0.25, -0.2) is 9.59 Å². The number of carbonyl (C=O) groups is 2. The smallest absolute Gasteiger partial charge is 0.338 e. The highest BCUT2D eigenvalue weighted by atomic mass is 16.5. The topological polar surface area (TPSA) is 71.1 Å². The van der Waals surface area contributed by atoms with Gasteiger partial charge in [0.05, 0.1) is 11.1 Å². The summed E-state index contributed by atoms with van der Waals surface area (Å²) in [5, 5.41) is 6.87. The second-order valence-corrected chi connectivity index (χ2v) is 24.4. The zero-order valence-electron chi connectivity index (χ0n) is 49.3. The minimum absolute atomic E-state index is 0.0951. The molecule has 0 saturated carbocycles. The molecule has 14 aromatic rings. The predicted octanol–water partition coefficient (Wildman–Crippen LogP) is 15.8. The second-order valence-electron chi connectivity index (χ2n) is 24.4. The van der Waals surface area contributed by atoms with Crippen LogP contribution in [0.1, 0.15) is 43.0 Å². The Hall–Kier alpha value is -11.2. The van der Waals surface area contributed by atoms with E-state index in [1.165, 1.54) is 21.7 Å². The molecule has 4 heterocycles. The van der Waals surface area contributed by atoms with Crippen molar-refractivity contribution < 1.29 is 28.5 Å². The Morgan fingerprint density at radius 3 is 1.28 bits per heavy atom. The van der Waals surface area contributed by atoms with Crippen molar-refractivity contribution in [3.8, 4) is 89.8 Å². The van der Waals surface area contributed by atoms with Crippen LogP contribution in [0, 0.1) is 13.8 Å². The molecule has 0 N–H and O–H groups in total. The highest BCUT2D eigenvalue weighted by Crippen LogP contribution is 2.53. The van der Waals surface area contributed by atoms with E-state index in [0.717, 1.165) is 144 Å². The van der Waals surface area contributed by atoms with E-state index in [0.29, 0.717) is 22.6 Å². The standard InChI is InChI=1S/C82H52B2O6/c1-47-31-33-67-71(36-47)89-73-37-48(2)35-65-61-41-59(57-29-17-15-27-55(57)51-23-11-5-12-24-51)63-44-70-76-62(42-60(58-30-18-16-28-56(58)52-25-13-6-14-26-52)64-43-69(83(67)79(65)73)75(61)77(63)78(64)76)66-38-54(82(86)88-46-50-21-9-4-10-22-50)40-74-80(66)84(70)68-34-32-53(39-72(68)90-74)81(85)87-45-49-19-7-3-8-20-49/h3-44H,45-46H2,1-2H3. The lowest BCUT2D eigenvalue weighted by Gasteiger charge is -2.38. The fraction of sp³-hybridized carbons (Fsp3) is 0.0488. The fourth-order valence-corrected chi connectivity index (χ4v) is 15.3. The van der Waals surface area contributed by atoms with Crippen LogP contribution in [0.25, 0.3) is 99.1 Å². The van der Waals surface area contributed by atoms with Gasteiger partial charge >= 0.3 is 11.9 Å². The average molecular weight is 1150 g/mol. The average Bonchev–Trinajstić information content (AvgIpc) is 0.669. The first-order valence-electron chi connectivity index (χ1n) is 30.8. The molecule has 0 bridgehead atoms. The number of benzene rings is 14. The molecule has 0 fully saturated rings. The maximum absolute atomic E-state index is 14.9. The predicted molar refractivity (Wildman–Crippen MR) is 366 cm³/mol. The summed E-state index contributed by atoms with van der Waals surface area (Å²) >= 11 is 0. The molecule has 4 aliphatic rings. The number of fused-ring (bicyclic) bond motifs is 8. The molecule has 0 unspecified atom stereocenters. The van der Waals surface area contributed by atoms with Gasteiger partial charge < -0.3 is 18.9 Å². The fourth-order valence-electron chi connectivity index (χ4n) is 15.3. The highest BCUT2D eigenvalue weighted by molar-refractivity contribution is 7.01. The van der Waals surface area contributed by atoms with Crippen LogP contribution in [0.5, 0.6) is 23.0 Å². The molecule has 0 aromatic heterocycles. The van der Waals surface area contributed by atoms with Crippen LogP contribution >= 0.6 is 0 Å². The molecule has 14 aromatic carbocycles. The van der Waals surface area contributed by atoms with Gasteiger partial charge in [0.25, 0.3) is 13.4 Å². The van der Waals surface area contributed by atoms with E-state index < -0.39 is 18.7 Å². The minimum atomic E-state index is -0.473. The highest BCUT2D eigenvalue weighted by Gasteiger charge is 2.45. The summed E-state index contributed by atoms with van der Waals surface area (Å²) < 4.78 is 26.4. The van der Waals surface area contributed by atoms with Gasteiger partial charge in [-0.05, 0) is 206 Å². The van der Waals surface area contributed by atoms with E-state index in [-0.39, 0.29) is 19.9 Å². The molecule has 0 radical (unpaired) electrons. The van der Waals surface area contributed by atoms with E-state index in [2.05, 4.69) is 178 Å². The SMILES string of the molecule is Cc1ccc2c(c1)Oc1cc(C)cc3c1B2c1cc2c(-c4ccccc4-c4ccccc4)cc4c5c(cc6c(-c7ccccc7-c7ccccc7)cc-3c1c6c25)B1c2ccc(C(=O)OCc3ccccc3)cc2Oc2cc(C(=O)OCc3ccccc3)cc-4c21. The van der Waals surface area contributed by atoms with Gasteiger partial charge in [0.1, 0.15) is 36.2 Å². The first-order chi connectivity index (χ1) is 44.3. The third-order valence-electron chi connectivity index (χ3n) is 19.1. The van der Waals surface area contributed by atoms with Crippen molar-refractivity contribution in [2.24, 2.45) is 0 Å². The largest absolute Gasteiger partial charge is 0.458 e. The van der Waals surface area contributed by atoms with E-state index in [9.17, 15) is 9.59 Å². The molecule has 0 atom stereocenters. The zero-order valence-corrected chi connectivity index (χ0v) is 49.3. The first-order valence-corrected chi connectivity index (χ1v) is 30.8. The summed E-state index contributed by atoms with van der Waals surface area (Å²) in [6.45, 7) is 3.96. The quantitative estimate of drug-likeness (QED) is 0.0772. The van der Waals surface area contributed by atoms with Gasteiger partial charge in [-0.2, -0.15) is 0 Å². The minimum Gasteiger partial charge on any atom is -0.458 e.